The van der Waals surface area contributed by atoms with E-state index in [4.69, 9.17) is 0 Å². The van der Waals surface area contributed by atoms with Crippen molar-refractivity contribution in [2.75, 3.05) is 6.54 Å². The van der Waals surface area contributed by atoms with Gasteiger partial charge in [-0.25, -0.2) is 9.89 Å². The summed E-state index contributed by atoms with van der Waals surface area (Å²) < 4.78 is 0. The van der Waals surface area contributed by atoms with Crippen LogP contribution >= 0.6 is 11.8 Å². The lowest BCUT2D eigenvalue weighted by Gasteiger charge is -2.18. The minimum Gasteiger partial charge on any atom is -0.272 e. The highest BCUT2D eigenvalue weighted by Crippen LogP contribution is 2.35. The highest BCUT2D eigenvalue weighted by atomic mass is 32.2. The van der Waals surface area contributed by atoms with E-state index in [0.29, 0.717) is 10.6 Å². The third-order valence-electron chi connectivity index (χ3n) is 5.58. The number of thioether (sulfide) groups is 1. The molecule has 0 unspecified atom stereocenters. The smallest absolute Gasteiger partial charge is 0.272 e. The standard InChI is InChI=1S/C27H19N3O4S/c1-17-11-13-19(14-12-17)28-27-30(26(34)22(35-27)15-18-7-3-2-4-8-18)23(31)16-29-24(32)20-9-5-6-10-21(20)25(29)33/h2-15H,16H2,1H3. The van der Waals surface area contributed by atoms with Gasteiger partial charge in [-0.05, 0) is 54.6 Å². The third kappa shape index (κ3) is 4.31. The number of imide groups is 2. The van der Waals surface area contributed by atoms with Crippen LogP contribution in [0.5, 0.6) is 0 Å². The molecule has 0 bridgehead atoms. The SMILES string of the molecule is Cc1ccc(N=C2SC(=Cc3ccccc3)C(=O)N2C(=O)CN2C(=O)c3ccccc3C2=O)cc1. The van der Waals surface area contributed by atoms with E-state index in [-0.39, 0.29) is 16.3 Å². The Kier molecular flexibility index (Phi) is 5.88. The Bertz CT molecular complexity index is 1390. The lowest BCUT2D eigenvalue weighted by molar-refractivity contribution is -0.136. The number of benzene rings is 3. The summed E-state index contributed by atoms with van der Waals surface area (Å²) in [6.45, 7) is 1.38. The largest absolute Gasteiger partial charge is 0.273 e. The predicted molar refractivity (Wildman–Crippen MR) is 134 cm³/mol. The number of aliphatic imine (C=N–C) groups is 1. The van der Waals surface area contributed by atoms with Gasteiger partial charge in [0.15, 0.2) is 5.17 Å². The molecule has 172 valence electrons. The average Bonchev–Trinajstić information content (AvgIpc) is 3.29. The van der Waals surface area contributed by atoms with E-state index in [9.17, 15) is 19.2 Å². The molecule has 0 spiro atoms. The number of hydrogen-bond acceptors (Lipinski definition) is 6. The monoisotopic (exact) mass is 481 g/mol. The fourth-order valence-electron chi connectivity index (χ4n) is 3.79. The van der Waals surface area contributed by atoms with Crippen LogP contribution in [0.3, 0.4) is 0 Å². The summed E-state index contributed by atoms with van der Waals surface area (Å²) in [5.74, 6) is -2.38. The number of nitrogens with zero attached hydrogens (tertiary/aromatic N) is 3. The molecule has 5 rings (SSSR count). The fourth-order valence-corrected chi connectivity index (χ4v) is 4.79. The van der Waals surface area contributed by atoms with E-state index < -0.39 is 30.2 Å². The van der Waals surface area contributed by atoms with Crippen LogP contribution in [0.2, 0.25) is 0 Å². The first-order valence-electron chi connectivity index (χ1n) is 10.8. The lowest BCUT2D eigenvalue weighted by Crippen LogP contribution is -2.44. The summed E-state index contributed by atoms with van der Waals surface area (Å²) in [6.07, 6.45) is 1.69. The molecule has 0 saturated carbocycles. The van der Waals surface area contributed by atoms with Crippen molar-refractivity contribution in [3.05, 3.63) is 106 Å². The van der Waals surface area contributed by atoms with Gasteiger partial charge in [0, 0.05) is 0 Å². The van der Waals surface area contributed by atoms with Crippen LogP contribution < -0.4 is 0 Å². The van der Waals surface area contributed by atoms with E-state index in [0.717, 1.165) is 32.7 Å². The quantitative estimate of drug-likeness (QED) is 0.407. The summed E-state index contributed by atoms with van der Waals surface area (Å²) in [5, 5.41) is 0.169. The number of amides is 4. The van der Waals surface area contributed by atoms with E-state index in [1.54, 1.807) is 42.5 Å². The number of amidine groups is 1. The summed E-state index contributed by atoms with van der Waals surface area (Å²) in [4.78, 5) is 58.8. The van der Waals surface area contributed by atoms with Crippen LogP contribution in [0, 0.1) is 6.92 Å². The zero-order chi connectivity index (χ0) is 24.5. The Morgan fingerprint density at radius 2 is 1.43 bits per heavy atom. The lowest BCUT2D eigenvalue weighted by atomic mass is 10.1. The maximum atomic E-state index is 13.3. The van der Waals surface area contributed by atoms with Crippen molar-refractivity contribution in [2.24, 2.45) is 4.99 Å². The summed E-state index contributed by atoms with van der Waals surface area (Å²) in [5.41, 5.74) is 2.90. The Morgan fingerprint density at radius 3 is 2.06 bits per heavy atom. The number of hydrogen-bond donors (Lipinski definition) is 0. The second-order valence-electron chi connectivity index (χ2n) is 8.03. The highest BCUT2D eigenvalue weighted by Gasteiger charge is 2.42. The van der Waals surface area contributed by atoms with Gasteiger partial charge in [-0.15, -0.1) is 0 Å². The van der Waals surface area contributed by atoms with Crippen LogP contribution in [0.4, 0.5) is 5.69 Å². The molecule has 2 aliphatic heterocycles. The molecule has 0 N–H and O–H groups in total. The molecule has 1 saturated heterocycles. The molecule has 0 aromatic heterocycles. The molecular formula is C27H19N3O4S. The number of aryl methyl sites for hydroxylation is 1. The zero-order valence-electron chi connectivity index (χ0n) is 18.7. The molecule has 4 amide bonds. The number of rotatable bonds is 4. The van der Waals surface area contributed by atoms with Crippen molar-refractivity contribution in [1.29, 1.82) is 0 Å². The molecule has 0 aliphatic carbocycles. The normalized spacial score (nSPS) is 17.6. The van der Waals surface area contributed by atoms with Crippen LogP contribution in [0.15, 0.2) is 88.8 Å². The maximum Gasteiger partial charge on any atom is 0.273 e. The molecular weight excluding hydrogens is 462 g/mol. The van der Waals surface area contributed by atoms with Crippen LogP contribution in [0.25, 0.3) is 6.08 Å². The molecule has 2 aliphatic rings. The second-order valence-corrected chi connectivity index (χ2v) is 9.04. The van der Waals surface area contributed by atoms with E-state index in [2.05, 4.69) is 4.99 Å². The second kappa shape index (κ2) is 9.15. The Morgan fingerprint density at radius 1 is 0.829 bits per heavy atom. The number of fused-ring (bicyclic) bond motifs is 1. The molecule has 2 heterocycles. The molecule has 0 radical (unpaired) electrons. The van der Waals surface area contributed by atoms with Gasteiger partial charge in [0.25, 0.3) is 23.6 Å². The Balaban J connectivity index is 1.47. The van der Waals surface area contributed by atoms with E-state index in [1.165, 1.54) is 0 Å². The van der Waals surface area contributed by atoms with Crippen molar-refractivity contribution < 1.29 is 19.2 Å². The molecule has 35 heavy (non-hydrogen) atoms. The van der Waals surface area contributed by atoms with Gasteiger partial charge in [0.05, 0.1) is 21.7 Å². The van der Waals surface area contributed by atoms with Crippen molar-refractivity contribution in [3.63, 3.8) is 0 Å². The van der Waals surface area contributed by atoms with E-state index in [1.807, 2.05) is 49.4 Å². The number of carbonyl (C=O) groups is 4. The summed E-state index contributed by atoms with van der Waals surface area (Å²) >= 11 is 1.07. The van der Waals surface area contributed by atoms with E-state index >= 15 is 0 Å². The van der Waals surface area contributed by atoms with Gasteiger partial charge in [0.2, 0.25) is 0 Å². The highest BCUT2D eigenvalue weighted by molar-refractivity contribution is 8.18. The van der Waals surface area contributed by atoms with Crippen molar-refractivity contribution >= 4 is 52.3 Å². The summed E-state index contributed by atoms with van der Waals surface area (Å²) in [7, 11) is 0. The first-order valence-corrected chi connectivity index (χ1v) is 11.7. The Labute approximate surface area is 205 Å². The molecule has 3 aromatic rings. The molecule has 8 heteroatoms. The van der Waals surface area contributed by atoms with Gasteiger partial charge >= 0.3 is 0 Å². The van der Waals surface area contributed by atoms with Gasteiger partial charge < -0.3 is 0 Å². The van der Waals surface area contributed by atoms with Crippen LogP contribution in [0.1, 0.15) is 31.8 Å². The van der Waals surface area contributed by atoms with Crippen LogP contribution in [-0.4, -0.2) is 45.1 Å². The topological polar surface area (TPSA) is 87.1 Å². The minimum atomic E-state index is -0.709. The third-order valence-corrected chi connectivity index (χ3v) is 6.55. The first-order chi connectivity index (χ1) is 16.9. The number of carbonyl (C=O) groups excluding carboxylic acids is 4. The van der Waals surface area contributed by atoms with Crippen molar-refractivity contribution in [3.8, 4) is 0 Å². The molecule has 1 fully saturated rings. The fraction of sp³-hybridized carbons (Fsp3) is 0.0741. The van der Waals surface area contributed by atoms with Gasteiger partial charge in [-0.3, -0.25) is 24.1 Å². The van der Waals surface area contributed by atoms with Crippen molar-refractivity contribution in [1.82, 2.24) is 9.80 Å². The van der Waals surface area contributed by atoms with Gasteiger partial charge in [0.1, 0.15) is 6.54 Å². The zero-order valence-corrected chi connectivity index (χ0v) is 19.5. The minimum absolute atomic E-state index is 0.169. The Hall–Kier alpha value is -4.30. The average molecular weight is 482 g/mol. The molecule has 7 nitrogen and oxygen atoms in total. The first kappa shape index (κ1) is 22.5. The maximum absolute atomic E-state index is 13.3. The van der Waals surface area contributed by atoms with Gasteiger partial charge in [-0.2, -0.15) is 0 Å². The molecule has 0 atom stereocenters. The predicted octanol–water partition coefficient (Wildman–Crippen LogP) is 4.42. The van der Waals surface area contributed by atoms with Gasteiger partial charge in [-0.1, -0.05) is 60.2 Å². The van der Waals surface area contributed by atoms with Crippen molar-refractivity contribution in [2.45, 2.75) is 6.92 Å². The van der Waals surface area contributed by atoms with Crippen LogP contribution in [-0.2, 0) is 9.59 Å². The molecule has 3 aromatic carbocycles. The summed E-state index contributed by atoms with van der Waals surface area (Å²) in [6, 6.07) is 23.0.